The highest BCUT2D eigenvalue weighted by Crippen LogP contribution is 2.42. The first-order chi connectivity index (χ1) is 12.6. The van der Waals surface area contributed by atoms with Crippen molar-refractivity contribution in [1.29, 1.82) is 0 Å². The molecule has 136 valence electrons. The number of ether oxygens (including phenoxy) is 1. The molecule has 1 aliphatic rings. The van der Waals surface area contributed by atoms with Gasteiger partial charge in [-0.1, -0.05) is 36.8 Å². The summed E-state index contributed by atoms with van der Waals surface area (Å²) in [5.41, 5.74) is 0.191. The van der Waals surface area contributed by atoms with E-state index in [0.29, 0.717) is 11.4 Å². The predicted molar refractivity (Wildman–Crippen MR) is 102 cm³/mol. The molecule has 6 heteroatoms. The number of carbonyl (C=O) groups is 1. The van der Waals surface area contributed by atoms with Crippen molar-refractivity contribution >= 4 is 23.2 Å². The number of halogens is 1. The first kappa shape index (κ1) is 18.5. The number of nitrogens with zero attached hydrogens (tertiary/aromatic N) is 1. The number of benzene rings is 1. The van der Waals surface area contributed by atoms with Crippen LogP contribution in [0.25, 0.3) is 0 Å². The minimum atomic E-state index is -0.665. The quantitative estimate of drug-likeness (QED) is 0.653. The molecule has 1 N–H and O–H groups in total. The van der Waals surface area contributed by atoms with E-state index in [0.717, 1.165) is 24.8 Å². The summed E-state index contributed by atoms with van der Waals surface area (Å²) < 4.78 is 19.8. The van der Waals surface area contributed by atoms with Gasteiger partial charge in [-0.05, 0) is 43.0 Å². The van der Waals surface area contributed by atoms with Gasteiger partial charge in [-0.25, -0.2) is 9.18 Å². The maximum Gasteiger partial charge on any atom is 0.341 e. The summed E-state index contributed by atoms with van der Waals surface area (Å²) in [6, 6.07) is 9.65. The zero-order chi connectivity index (χ0) is 18.6. The molecule has 0 amide bonds. The van der Waals surface area contributed by atoms with E-state index in [1.807, 2.05) is 12.1 Å². The Bertz CT molecular complexity index is 799. The van der Waals surface area contributed by atoms with E-state index in [-0.39, 0.29) is 5.56 Å². The van der Waals surface area contributed by atoms with Gasteiger partial charge in [-0.2, -0.15) is 0 Å². The highest BCUT2D eigenvalue weighted by molar-refractivity contribution is 7.80. The third kappa shape index (κ3) is 3.33. The monoisotopic (exact) mass is 372 g/mol. The molecule has 0 saturated heterocycles. The molecule has 0 bridgehead atoms. The summed E-state index contributed by atoms with van der Waals surface area (Å²) in [4.78, 5) is 17.4. The van der Waals surface area contributed by atoms with E-state index < -0.39 is 23.3 Å². The van der Waals surface area contributed by atoms with Crippen LogP contribution in [-0.4, -0.2) is 29.1 Å². The molecule has 1 heterocycles. The lowest BCUT2D eigenvalue weighted by Crippen LogP contribution is -2.53. The number of aromatic nitrogens is 1. The Morgan fingerprint density at radius 3 is 2.81 bits per heavy atom. The molecule has 1 saturated carbocycles. The van der Waals surface area contributed by atoms with E-state index in [1.54, 1.807) is 31.6 Å². The van der Waals surface area contributed by atoms with Gasteiger partial charge in [0.2, 0.25) is 0 Å². The van der Waals surface area contributed by atoms with Crippen molar-refractivity contribution in [2.75, 3.05) is 7.05 Å². The van der Waals surface area contributed by atoms with Crippen LogP contribution in [0.4, 0.5) is 4.39 Å². The number of nitrogens with one attached hydrogen (secondary N) is 1. The first-order valence-corrected chi connectivity index (χ1v) is 9.08. The van der Waals surface area contributed by atoms with Crippen LogP contribution in [0, 0.1) is 5.82 Å². The lowest BCUT2D eigenvalue weighted by Gasteiger charge is -2.43. The van der Waals surface area contributed by atoms with Crippen molar-refractivity contribution in [3.05, 3.63) is 65.7 Å². The Balaban J connectivity index is 1.98. The average molecular weight is 372 g/mol. The molecule has 2 unspecified atom stereocenters. The summed E-state index contributed by atoms with van der Waals surface area (Å²) in [6.07, 6.45) is 6.27. The highest BCUT2D eigenvalue weighted by atomic mass is 32.1. The molecule has 26 heavy (non-hydrogen) atoms. The van der Waals surface area contributed by atoms with Crippen molar-refractivity contribution in [3.63, 3.8) is 0 Å². The molecular formula is C20H21FN2O2S. The molecule has 0 radical (unpaired) electrons. The Hall–Kier alpha value is -2.34. The summed E-state index contributed by atoms with van der Waals surface area (Å²) in [6.45, 7) is 0. The van der Waals surface area contributed by atoms with Crippen LogP contribution in [0.15, 0.2) is 48.8 Å². The number of thiocarbonyl (C=S) groups is 1. The topological polar surface area (TPSA) is 51.2 Å². The normalized spacial score (nSPS) is 22.5. The third-order valence-corrected chi connectivity index (χ3v) is 5.56. The van der Waals surface area contributed by atoms with Crippen molar-refractivity contribution in [2.45, 2.75) is 37.2 Å². The molecule has 1 fully saturated rings. The fraction of sp³-hybridized carbons (Fsp3) is 0.350. The summed E-state index contributed by atoms with van der Waals surface area (Å²) in [5.74, 6) is -1.25. The summed E-state index contributed by atoms with van der Waals surface area (Å²) in [7, 11) is 1.77. The lowest BCUT2D eigenvalue weighted by molar-refractivity contribution is 0.00386. The lowest BCUT2D eigenvalue weighted by atomic mass is 9.67. The number of pyridine rings is 1. The Labute approximate surface area is 157 Å². The molecule has 0 spiro atoms. The number of likely N-dealkylation sites (N-methyl/N-ethyl adjacent to an activating group) is 1. The average Bonchev–Trinajstić information content (AvgIpc) is 2.68. The van der Waals surface area contributed by atoms with E-state index in [2.05, 4.69) is 10.3 Å². The van der Waals surface area contributed by atoms with Gasteiger partial charge in [0, 0.05) is 19.4 Å². The van der Waals surface area contributed by atoms with Crippen LogP contribution in [-0.2, 0) is 10.2 Å². The number of esters is 1. The zero-order valence-electron chi connectivity index (χ0n) is 14.6. The van der Waals surface area contributed by atoms with Gasteiger partial charge in [0.25, 0.3) is 0 Å². The van der Waals surface area contributed by atoms with Crippen molar-refractivity contribution in [1.82, 2.24) is 10.3 Å². The molecule has 1 aromatic heterocycles. The van der Waals surface area contributed by atoms with Gasteiger partial charge >= 0.3 is 5.97 Å². The second-order valence-electron chi connectivity index (χ2n) is 6.41. The standard InChI is InChI=1S/C20H21FN2O2S/c1-22-19(26)20(14-7-6-12-23-13-14)11-5-4-10-17(20)25-18(24)15-8-2-3-9-16(15)21/h2-3,6-9,12-13,17H,4-5,10-11H2,1H3,(H,22,26). The molecule has 2 aromatic rings. The largest absolute Gasteiger partial charge is 0.457 e. The smallest absolute Gasteiger partial charge is 0.341 e. The number of hydrogen-bond donors (Lipinski definition) is 1. The van der Waals surface area contributed by atoms with Crippen LogP contribution in [0.5, 0.6) is 0 Å². The fourth-order valence-corrected chi connectivity index (χ4v) is 4.04. The van der Waals surface area contributed by atoms with Crippen LogP contribution in [0.2, 0.25) is 0 Å². The maximum absolute atomic E-state index is 14.0. The second-order valence-corrected chi connectivity index (χ2v) is 6.82. The van der Waals surface area contributed by atoms with Crippen LogP contribution in [0.3, 0.4) is 0 Å². The van der Waals surface area contributed by atoms with Gasteiger partial charge in [0.15, 0.2) is 0 Å². The second kappa shape index (κ2) is 7.91. The van der Waals surface area contributed by atoms with Gasteiger partial charge in [-0.15, -0.1) is 0 Å². The molecule has 3 rings (SSSR count). The van der Waals surface area contributed by atoms with Crippen LogP contribution in [0.1, 0.15) is 41.6 Å². The molecule has 4 nitrogen and oxygen atoms in total. The van der Waals surface area contributed by atoms with Gasteiger partial charge in [0.1, 0.15) is 11.9 Å². The minimum absolute atomic E-state index is 0.0615. The Morgan fingerprint density at radius 1 is 1.31 bits per heavy atom. The van der Waals surface area contributed by atoms with E-state index in [9.17, 15) is 9.18 Å². The maximum atomic E-state index is 14.0. The van der Waals surface area contributed by atoms with Crippen molar-refractivity contribution in [2.24, 2.45) is 0 Å². The van der Waals surface area contributed by atoms with Crippen LogP contribution >= 0.6 is 12.2 Å². The Kier molecular flexibility index (Phi) is 5.61. The first-order valence-electron chi connectivity index (χ1n) is 8.68. The third-order valence-electron chi connectivity index (χ3n) is 4.99. The minimum Gasteiger partial charge on any atom is -0.457 e. The fourth-order valence-electron chi connectivity index (χ4n) is 3.69. The van der Waals surface area contributed by atoms with E-state index in [4.69, 9.17) is 17.0 Å². The summed E-state index contributed by atoms with van der Waals surface area (Å²) >= 11 is 5.64. The molecular weight excluding hydrogens is 351 g/mol. The SMILES string of the molecule is CNC(=S)C1(c2cccnc2)CCCCC1OC(=O)c1ccccc1F. The van der Waals surface area contributed by atoms with E-state index >= 15 is 0 Å². The van der Waals surface area contributed by atoms with Crippen LogP contribution < -0.4 is 5.32 Å². The van der Waals surface area contributed by atoms with Gasteiger partial charge < -0.3 is 10.1 Å². The predicted octanol–water partition coefficient (Wildman–Crippen LogP) is 3.80. The van der Waals surface area contributed by atoms with E-state index in [1.165, 1.54) is 12.1 Å². The van der Waals surface area contributed by atoms with Crippen molar-refractivity contribution < 1.29 is 13.9 Å². The number of rotatable bonds is 4. The molecule has 1 aliphatic carbocycles. The number of hydrogen-bond acceptors (Lipinski definition) is 4. The van der Waals surface area contributed by atoms with Crippen molar-refractivity contribution in [3.8, 4) is 0 Å². The number of carbonyl (C=O) groups excluding carboxylic acids is 1. The molecule has 1 aromatic carbocycles. The Morgan fingerprint density at radius 2 is 2.12 bits per heavy atom. The highest BCUT2D eigenvalue weighted by Gasteiger charge is 2.48. The molecule has 0 aliphatic heterocycles. The molecule has 2 atom stereocenters. The van der Waals surface area contributed by atoms with Gasteiger partial charge in [0.05, 0.1) is 16.0 Å². The zero-order valence-corrected chi connectivity index (χ0v) is 15.4. The summed E-state index contributed by atoms with van der Waals surface area (Å²) in [5, 5.41) is 3.07. The van der Waals surface area contributed by atoms with Gasteiger partial charge in [-0.3, -0.25) is 4.98 Å².